The lowest BCUT2D eigenvalue weighted by atomic mass is 10.0. The molecule has 6 nitrogen and oxygen atoms in total. The van der Waals surface area contributed by atoms with Crippen LogP contribution in [0, 0.1) is 13.8 Å². The van der Waals surface area contributed by atoms with Gasteiger partial charge < -0.3 is 4.90 Å². The van der Waals surface area contributed by atoms with Gasteiger partial charge in [0, 0.05) is 24.3 Å². The molecule has 3 unspecified atom stereocenters. The van der Waals surface area contributed by atoms with Crippen LogP contribution in [0.1, 0.15) is 42.6 Å². The van der Waals surface area contributed by atoms with Crippen molar-refractivity contribution in [3.05, 3.63) is 53.3 Å². The van der Waals surface area contributed by atoms with E-state index in [1.807, 2.05) is 11.6 Å². The molecule has 0 saturated carbocycles. The molecule has 1 aromatic heterocycles. The third-order valence-electron chi connectivity index (χ3n) is 6.05. The number of hydrogen-bond acceptors (Lipinski definition) is 4. The fraction of sp³-hybridized carbons (Fsp3) is 0.545. The van der Waals surface area contributed by atoms with Gasteiger partial charge in [-0.3, -0.25) is 14.9 Å². The highest BCUT2D eigenvalue weighted by Gasteiger charge is 2.37. The third-order valence-corrected chi connectivity index (χ3v) is 6.05. The molecule has 2 saturated heterocycles. The molecule has 2 N–H and O–H groups in total. The Kier molecular flexibility index (Phi) is 5.78. The molecule has 0 aliphatic carbocycles. The Bertz CT molecular complexity index is 803. The molecule has 2 fully saturated rings. The van der Waals surface area contributed by atoms with Crippen LogP contribution in [0.2, 0.25) is 0 Å². The minimum absolute atomic E-state index is 0.140. The smallest absolute Gasteiger partial charge is 0.241 e. The van der Waals surface area contributed by atoms with Gasteiger partial charge in [0.15, 0.2) is 0 Å². The summed E-state index contributed by atoms with van der Waals surface area (Å²) in [5, 5.41) is 4.54. The number of carbonyl (C=O) groups excluding carboxylic acids is 1. The minimum Gasteiger partial charge on any atom is -0.338 e. The van der Waals surface area contributed by atoms with Gasteiger partial charge in [-0.2, -0.15) is 5.10 Å². The van der Waals surface area contributed by atoms with E-state index < -0.39 is 0 Å². The monoisotopic (exact) mass is 381 g/mol. The van der Waals surface area contributed by atoms with E-state index in [0.29, 0.717) is 6.04 Å². The molecule has 3 atom stereocenters. The van der Waals surface area contributed by atoms with Crippen LogP contribution in [0.25, 0.3) is 0 Å². The van der Waals surface area contributed by atoms with E-state index in [0.717, 1.165) is 56.6 Å². The molecule has 4 rings (SSSR count). The van der Waals surface area contributed by atoms with Crippen molar-refractivity contribution in [2.75, 3.05) is 6.54 Å². The lowest BCUT2D eigenvalue weighted by Gasteiger charge is -2.27. The number of nitrogens with one attached hydrogen (secondary N) is 2. The number of rotatable bonds is 6. The summed E-state index contributed by atoms with van der Waals surface area (Å²) in [7, 11) is 0. The second kappa shape index (κ2) is 8.45. The van der Waals surface area contributed by atoms with Crippen LogP contribution in [-0.4, -0.2) is 45.3 Å². The van der Waals surface area contributed by atoms with E-state index in [9.17, 15) is 4.79 Å². The van der Waals surface area contributed by atoms with Gasteiger partial charge in [0.2, 0.25) is 5.91 Å². The summed E-state index contributed by atoms with van der Waals surface area (Å²) >= 11 is 0. The van der Waals surface area contributed by atoms with Gasteiger partial charge in [-0.1, -0.05) is 30.3 Å². The zero-order chi connectivity index (χ0) is 19.5. The van der Waals surface area contributed by atoms with E-state index >= 15 is 0 Å². The van der Waals surface area contributed by atoms with Crippen molar-refractivity contribution in [2.45, 2.75) is 70.6 Å². The zero-order valence-corrected chi connectivity index (χ0v) is 16.9. The highest BCUT2D eigenvalue weighted by Crippen LogP contribution is 2.24. The molecule has 28 heavy (non-hydrogen) atoms. The Morgan fingerprint density at radius 1 is 1.21 bits per heavy atom. The standard InChI is InChI=1S/C22H31N5O/c1-16-13-17(2)27(25-16)15-19-14-21(24-23-19)22(28)26-12-6-9-20(26)11-10-18-7-4-3-5-8-18/h3-5,7-8,13,19-21,23-24H,6,9-12,14-15H2,1-2H3. The van der Waals surface area contributed by atoms with Crippen molar-refractivity contribution in [3.63, 3.8) is 0 Å². The maximum absolute atomic E-state index is 13.1. The van der Waals surface area contributed by atoms with Crippen LogP contribution >= 0.6 is 0 Å². The van der Waals surface area contributed by atoms with E-state index in [1.165, 1.54) is 5.56 Å². The van der Waals surface area contributed by atoms with Crippen LogP contribution in [0.4, 0.5) is 0 Å². The Morgan fingerprint density at radius 3 is 2.79 bits per heavy atom. The fourth-order valence-electron chi connectivity index (χ4n) is 4.58. The molecular formula is C22H31N5O. The van der Waals surface area contributed by atoms with Crippen molar-refractivity contribution < 1.29 is 4.79 Å². The van der Waals surface area contributed by atoms with Gasteiger partial charge in [-0.15, -0.1) is 0 Å². The number of amides is 1. The summed E-state index contributed by atoms with van der Waals surface area (Å²) in [5.74, 6) is 0.249. The summed E-state index contributed by atoms with van der Waals surface area (Å²) < 4.78 is 2.03. The van der Waals surface area contributed by atoms with Gasteiger partial charge in [0.25, 0.3) is 0 Å². The first-order chi connectivity index (χ1) is 13.6. The molecule has 1 amide bonds. The second-order valence-electron chi connectivity index (χ2n) is 8.24. The number of nitrogens with zero attached hydrogens (tertiary/aromatic N) is 3. The first-order valence-electron chi connectivity index (χ1n) is 10.5. The fourth-order valence-corrected chi connectivity index (χ4v) is 4.58. The Hall–Kier alpha value is -2.18. The highest BCUT2D eigenvalue weighted by molar-refractivity contribution is 5.82. The normalized spacial score (nSPS) is 24.8. The average Bonchev–Trinajstić information content (AvgIpc) is 3.41. The average molecular weight is 382 g/mol. The number of likely N-dealkylation sites (tertiary alicyclic amines) is 1. The first kappa shape index (κ1) is 19.2. The topological polar surface area (TPSA) is 62.2 Å². The van der Waals surface area contributed by atoms with Gasteiger partial charge in [-0.05, 0) is 57.6 Å². The predicted molar refractivity (Wildman–Crippen MR) is 110 cm³/mol. The largest absolute Gasteiger partial charge is 0.338 e. The molecule has 0 bridgehead atoms. The highest BCUT2D eigenvalue weighted by atomic mass is 16.2. The van der Waals surface area contributed by atoms with Crippen LogP contribution in [0.15, 0.2) is 36.4 Å². The van der Waals surface area contributed by atoms with Gasteiger partial charge in [0.1, 0.15) is 6.04 Å². The number of benzene rings is 1. The van der Waals surface area contributed by atoms with Gasteiger partial charge in [-0.25, -0.2) is 5.43 Å². The maximum Gasteiger partial charge on any atom is 0.241 e. The molecule has 2 aromatic rings. The van der Waals surface area contributed by atoms with Crippen molar-refractivity contribution in [2.24, 2.45) is 0 Å². The number of carbonyl (C=O) groups is 1. The lowest BCUT2D eigenvalue weighted by molar-refractivity contribution is -0.134. The number of hydrazine groups is 1. The molecule has 2 aliphatic rings. The van der Waals surface area contributed by atoms with E-state index in [-0.39, 0.29) is 18.0 Å². The van der Waals surface area contributed by atoms with Crippen LogP contribution in [-0.2, 0) is 17.8 Å². The predicted octanol–water partition coefficient (Wildman–Crippen LogP) is 2.36. The third kappa shape index (κ3) is 4.28. The van der Waals surface area contributed by atoms with Crippen molar-refractivity contribution in [3.8, 4) is 0 Å². The lowest BCUT2D eigenvalue weighted by Crippen LogP contribution is -2.47. The zero-order valence-electron chi connectivity index (χ0n) is 16.9. The summed E-state index contributed by atoms with van der Waals surface area (Å²) in [6.07, 6.45) is 5.12. The molecule has 6 heteroatoms. The van der Waals surface area contributed by atoms with Crippen molar-refractivity contribution >= 4 is 5.91 Å². The van der Waals surface area contributed by atoms with E-state index in [2.05, 4.69) is 64.2 Å². The second-order valence-corrected chi connectivity index (χ2v) is 8.24. The summed E-state index contributed by atoms with van der Waals surface area (Å²) in [5.41, 5.74) is 10.1. The summed E-state index contributed by atoms with van der Waals surface area (Å²) in [4.78, 5) is 15.3. The first-order valence-corrected chi connectivity index (χ1v) is 10.5. The van der Waals surface area contributed by atoms with E-state index in [1.54, 1.807) is 0 Å². The molecule has 0 spiro atoms. The Balaban J connectivity index is 1.31. The van der Waals surface area contributed by atoms with Crippen LogP contribution in [0.5, 0.6) is 0 Å². The van der Waals surface area contributed by atoms with E-state index in [4.69, 9.17) is 0 Å². The van der Waals surface area contributed by atoms with Crippen molar-refractivity contribution in [1.29, 1.82) is 0 Å². The Morgan fingerprint density at radius 2 is 2.04 bits per heavy atom. The summed E-state index contributed by atoms with van der Waals surface area (Å²) in [6, 6.07) is 13.1. The molecule has 3 heterocycles. The number of hydrogen-bond donors (Lipinski definition) is 2. The molecule has 150 valence electrons. The van der Waals surface area contributed by atoms with Crippen LogP contribution < -0.4 is 10.9 Å². The quantitative estimate of drug-likeness (QED) is 0.806. The molecule has 2 aliphatic heterocycles. The minimum atomic E-state index is -0.140. The SMILES string of the molecule is Cc1cc(C)n(CC2CC(C(=O)N3CCCC3CCc3ccccc3)NN2)n1. The summed E-state index contributed by atoms with van der Waals surface area (Å²) in [6.45, 7) is 5.76. The molecular weight excluding hydrogens is 350 g/mol. The number of aromatic nitrogens is 2. The number of aryl methyl sites for hydroxylation is 3. The van der Waals surface area contributed by atoms with Crippen molar-refractivity contribution in [1.82, 2.24) is 25.5 Å². The molecule has 0 radical (unpaired) electrons. The van der Waals surface area contributed by atoms with Gasteiger partial charge in [0.05, 0.1) is 12.2 Å². The van der Waals surface area contributed by atoms with Crippen LogP contribution in [0.3, 0.4) is 0 Å². The molecule has 1 aromatic carbocycles. The Labute approximate surface area is 167 Å². The maximum atomic E-state index is 13.1. The van der Waals surface area contributed by atoms with Gasteiger partial charge >= 0.3 is 0 Å².